The second-order valence-corrected chi connectivity index (χ2v) is 5.56. The number of carbonyl (C=O) groups excluding carboxylic acids is 1. The lowest BCUT2D eigenvalue weighted by Crippen LogP contribution is -2.17. The molecule has 0 aliphatic heterocycles. The molecule has 2 saturated carbocycles. The summed E-state index contributed by atoms with van der Waals surface area (Å²) in [6.07, 6.45) is 8.57. The van der Waals surface area contributed by atoms with Crippen LogP contribution in [0.15, 0.2) is 24.3 Å². The van der Waals surface area contributed by atoms with Crippen LogP contribution in [0.1, 0.15) is 66.8 Å². The zero-order chi connectivity index (χ0) is 11.7. The predicted octanol–water partition coefficient (Wildman–Crippen LogP) is 4.33. The van der Waals surface area contributed by atoms with Crippen molar-refractivity contribution < 1.29 is 4.79 Å². The van der Waals surface area contributed by atoms with E-state index in [1.807, 2.05) is 12.1 Å². The first-order valence-corrected chi connectivity index (χ1v) is 6.99. The van der Waals surface area contributed by atoms with Gasteiger partial charge in [-0.05, 0) is 37.2 Å². The minimum atomic E-state index is 0.316. The molecule has 0 radical (unpaired) electrons. The van der Waals surface area contributed by atoms with Crippen LogP contribution in [0.25, 0.3) is 0 Å². The largest absolute Gasteiger partial charge is 0.294 e. The fourth-order valence-corrected chi connectivity index (χ4v) is 3.20. The Labute approximate surface area is 103 Å². The van der Waals surface area contributed by atoms with Crippen LogP contribution in [-0.4, -0.2) is 5.78 Å². The summed E-state index contributed by atoms with van der Waals surface area (Å²) in [6, 6.07) is 8.32. The van der Waals surface area contributed by atoms with Gasteiger partial charge in [-0.15, -0.1) is 0 Å². The van der Waals surface area contributed by atoms with Crippen LogP contribution in [0.4, 0.5) is 0 Å². The van der Waals surface area contributed by atoms with Gasteiger partial charge in [-0.25, -0.2) is 0 Å². The van der Waals surface area contributed by atoms with Gasteiger partial charge in [0, 0.05) is 11.5 Å². The Hall–Kier alpha value is -1.11. The second kappa shape index (κ2) is 4.64. The second-order valence-electron chi connectivity index (χ2n) is 5.56. The highest BCUT2D eigenvalue weighted by atomic mass is 16.1. The Kier molecular flexibility index (Phi) is 3.00. The van der Waals surface area contributed by atoms with E-state index in [4.69, 9.17) is 0 Å². The van der Waals surface area contributed by atoms with Crippen LogP contribution < -0.4 is 0 Å². The molecule has 17 heavy (non-hydrogen) atoms. The molecular formula is C16H20O. The number of Topliss-reactive ketones (excluding diaryl/α,β-unsaturated/α-hetero) is 1. The maximum Gasteiger partial charge on any atom is 0.166 e. The summed E-state index contributed by atoms with van der Waals surface area (Å²) < 4.78 is 0. The van der Waals surface area contributed by atoms with Gasteiger partial charge in [0.15, 0.2) is 5.78 Å². The van der Waals surface area contributed by atoms with E-state index in [1.54, 1.807) is 0 Å². The van der Waals surface area contributed by atoms with E-state index in [-0.39, 0.29) is 0 Å². The highest BCUT2D eigenvalue weighted by molar-refractivity contribution is 5.99. The maximum absolute atomic E-state index is 12.5. The summed E-state index contributed by atoms with van der Waals surface area (Å²) in [5.74, 6) is 1.40. The molecule has 2 fully saturated rings. The topological polar surface area (TPSA) is 17.1 Å². The van der Waals surface area contributed by atoms with Crippen molar-refractivity contribution in [3.8, 4) is 0 Å². The van der Waals surface area contributed by atoms with Gasteiger partial charge in [0.2, 0.25) is 0 Å². The number of ketones is 1. The minimum Gasteiger partial charge on any atom is -0.294 e. The normalized spacial score (nSPS) is 21.4. The first kappa shape index (κ1) is 11.0. The molecule has 3 rings (SSSR count). The van der Waals surface area contributed by atoms with Crippen molar-refractivity contribution in [2.24, 2.45) is 5.92 Å². The fourth-order valence-electron chi connectivity index (χ4n) is 3.20. The van der Waals surface area contributed by atoms with Crippen molar-refractivity contribution in [2.45, 2.75) is 50.9 Å². The number of rotatable bonds is 3. The van der Waals surface area contributed by atoms with Gasteiger partial charge < -0.3 is 0 Å². The van der Waals surface area contributed by atoms with Crippen LogP contribution in [0, 0.1) is 5.92 Å². The molecule has 0 spiro atoms. The van der Waals surface area contributed by atoms with Crippen molar-refractivity contribution in [1.29, 1.82) is 0 Å². The molecule has 1 nitrogen and oxygen atoms in total. The minimum absolute atomic E-state index is 0.316. The van der Waals surface area contributed by atoms with Crippen LogP contribution >= 0.6 is 0 Å². The molecule has 0 N–H and O–H groups in total. The Morgan fingerprint density at radius 1 is 0.941 bits per heavy atom. The fraction of sp³-hybridized carbons (Fsp3) is 0.562. The van der Waals surface area contributed by atoms with Crippen molar-refractivity contribution in [3.63, 3.8) is 0 Å². The van der Waals surface area contributed by atoms with Gasteiger partial charge in [-0.2, -0.15) is 0 Å². The molecule has 1 heteroatoms. The molecule has 1 aromatic rings. The highest BCUT2D eigenvalue weighted by Gasteiger charge is 2.28. The number of carbonyl (C=O) groups is 1. The summed E-state index contributed by atoms with van der Waals surface area (Å²) in [5.41, 5.74) is 2.36. The summed E-state index contributed by atoms with van der Waals surface area (Å²) in [6.45, 7) is 0. The Morgan fingerprint density at radius 2 is 1.65 bits per heavy atom. The number of hydrogen-bond donors (Lipinski definition) is 0. The average Bonchev–Trinajstić information content (AvgIpc) is 2.80. The first-order valence-electron chi connectivity index (χ1n) is 6.99. The van der Waals surface area contributed by atoms with E-state index in [1.165, 1.54) is 37.7 Å². The molecule has 1 aromatic carbocycles. The van der Waals surface area contributed by atoms with Crippen molar-refractivity contribution in [2.75, 3.05) is 0 Å². The van der Waals surface area contributed by atoms with Crippen molar-refractivity contribution in [3.05, 3.63) is 35.4 Å². The summed E-state index contributed by atoms with van der Waals surface area (Å²) in [4.78, 5) is 12.5. The van der Waals surface area contributed by atoms with Crippen LogP contribution in [-0.2, 0) is 0 Å². The number of benzene rings is 1. The third-order valence-corrected chi connectivity index (χ3v) is 4.50. The van der Waals surface area contributed by atoms with Crippen LogP contribution in [0.2, 0.25) is 0 Å². The van der Waals surface area contributed by atoms with Crippen LogP contribution in [0.5, 0.6) is 0 Å². The SMILES string of the molecule is O=C(c1ccccc1C1CCC1)C1CCCC1. The molecule has 2 aliphatic rings. The highest BCUT2D eigenvalue weighted by Crippen LogP contribution is 2.39. The third-order valence-electron chi connectivity index (χ3n) is 4.50. The molecule has 0 heterocycles. The summed E-state index contributed by atoms with van der Waals surface area (Å²) in [5, 5.41) is 0. The quantitative estimate of drug-likeness (QED) is 0.704. The Morgan fingerprint density at radius 3 is 2.29 bits per heavy atom. The first-order chi connectivity index (χ1) is 8.36. The van der Waals surface area contributed by atoms with E-state index in [2.05, 4.69) is 12.1 Å². The van der Waals surface area contributed by atoms with Crippen molar-refractivity contribution in [1.82, 2.24) is 0 Å². The summed E-state index contributed by atoms with van der Waals surface area (Å²) in [7, 11) is 0. The van der Waals surface area contributed by atoms with Gasteiger partial charge >= 0.3 is 0 Å². The molecule has 0 saturated heterocycles. The molecule has 90 valence electrons. The lowest BCUT2D eigenvalue weighted by molar-refractivity contribution is 0.0920. The Balaban J connectivity index is 1.87. The molecule has 0 bridgehead atoms. The Bertz CT molecular complexity index is 411. The summed E-state index contributed by atoms with van der Waals surface area (Å²) >= 11 is 0. The zero-order valence-electron chi connectivity index (χ0n) is 10.3. The molecular weight excluding hydrogens is 208 g/mol. The third kappa shape index (κ3) is 2.03. The van der Waals surface area contributed by atoms with E-state index >= 15 is 0 Å². The van der Waals surface area contributed by atoms with Crippen molar-refractivity contribution >= 4 is 5.78 Å². The predicted molar refractivity (Wildman–Crippen MR) is 69.3 cm³/mol. The zero-order valence-corrected chi connectivity index (χ0v) is 10.3. The molecule has 2 aliphatic carbocycles. The van der Waals surface area contributed by atoms with E-state index in [9.17, 15) is 4.79 Å². The van der Waals surface area contributed by atoms with E-state index < -0.39 is 0 Å². The smallest absolute Gasteiger partial charge is 0.166 e. The number of hydrogen-bond acceptors (Lipinski definition) is 1. The maximum atomic E-state index is 12.5. The molecule has 0 atom stereocenters. The molecule has 0 unspecified atom stereocenters. The molecule has 0 aromatic heterocycles. The monoisotopic (exact) mass is 228 g/mol. The van der Waals surface area contributed by atoms with Crippen LogP contribution in [0.3, 0.4) is 0 Å². The van der Waals surface area contributed by atoms with E-state index in [0.717, 1.165) is 18.4 Å². The standard InChI is InChI=1S/C16H20O/c17-16(13-6-1-2-7-13)15-11-4-3-10-14(15)12-8-5-9-12/h3-4,10-13H,1-2,5-9H2. The van der Waals surface area contributed by atoms with Gasteiger partial charge in [-0.3, -0.25) is 4.79 Å². The van der Waals surface area contributed by atoms with Gasteiger partial charge in [-0.1, -0.05) is 43.5 Å². The average molecular weight is 228 g/mol. The van der Waals surface area contributed by atoms with Gasteiger partial charge in [0.05, 0.1) is 0 Å². The van der Waals surface area contributed by atoms with Gasteiger partial charge in [0.1, 0.15) is 0 Å². The van der Waals surface area contributed by atoms with E-state index in [0.29, 0.717) is 17.6 Å². The lowest BCUT2D eigenvalue weighted by atomic mass is 9.76. The lowest BCUT2D eigenvalue weighted by Gasteiger charge is -2.28. The molecule has 0 amide bonds. The van der Waals surface area contributed by atoms with Gasteiger partial charge in [0.25, 0.3) is 0 Å².